The fraction of sp³-hybridized carbons (Fsp3) is 0.176. The van der Waals surface area contributed by atoms with E-state index in [4.69, 9.17) is 0 Å². The summed E-state index contributed by atoms with van der Waals surface area (Å²) in [6.07, 6.45) is 3.22. The van der Waals surface area contributed by atoms with Gasteiger partial charge in [-0.05, 0) is 28.8 Å². The first-order chi connectivity index (χ1) is 12.1. The Balaban J connectivity index is 1.65. The molecule has 0 saturated heterocycles. The van der Waals surface area contributed by atoms with Gasteiger partial charge in [-0.25, -0.2) is 4.98 Å². The average molecular weight is 399 g/mol. The zero-order valence-electron chi connectivity index (χ0n) is 13.5. The molecule has 1 aromatic carbocycles. The van der Waals surface area contributed by atoms with Crippen molar-refractivity contribution in [3.63, 3.8) is 0 Å². The van der Waals surface area contributed by atoms with Gasteiger partial charge in [-0.3, -0.25) is 14.6 Å². The number of benzene rings is 1. The normalized spacial score (nSPS) is 11.3. The van der Waals surface area contributed by atoms with Gasteiger partial charge in [-0.2, -0.15) is 14.6 Å². The maximum Gasteiger partial charge on any atom is 0.274 e. The van der Waals surface area contributed by atoms with Crippen molar-refractivity contribution >= 4 is 21.7 Å². The van der Waals surface area contributed by atoms with Crippen LogP contribution in [0.15, 0.2) is 51.9 Å². The maximum atomic E-state index is 12.3. The van der Waals surface area contributed by atoms with Crippen LogP contribution in [-0.4, -0.2) is 29.4 Å². The van der Waals surface area contributed by atoms with E-state index in [0.29, 0.717) is 30.1 Å². The van der Waals surface area contributed by atoms with Crippen LogP contribution in [0.3, 0.4) is 0 Å². The Labute approximate surface area is 151 Å². The first-order valence-electron chi connectivity index (χ1n) is 7.82. The Morgan fingerprint density at radius 2 is 1.96 bits per heavy atom. The standard InChI is InChI=1S/C17H15BrN6O/c1-23-10-13(18)14(21-23)8-7-12-9-15(25)24-17(19-12)20-16(22-24)11-5-3-2-4-6-11/h2-6,9-10H,7-8H2,1H3,(H,19,20,22). The summed E-state index contributed by atoms with van der Waals surface area (Å²) >= 11 is 3.49. The summed E-state index contributed by atoms with van der Waals surface area (Å²) in [6, 6.07) is 11.2. The summed E-state index contributed by atoms with van der Waals surface area (Å²) in [7, 11) is 1.87. The van der Waals surface area contributed by atoms with E-state index < -0.39 is 0 Å². The number of hydrogen-bond donors (Lipinski definition) is 1. The van der Waals surface area contributed by atoms with Crippen LogP contribution in [0.4, 0.5) is 0 Å². The molecule has 0 amide bonds. The number of aryl methyl sites for hydroxylation is 3. The molecule has 0 aliphatic heterocycles. The van der Waals surface area contributed by atoms with E-state index in [-0.39, 0.29) is 5.56 Å². The SMILES string of the molecule is Cn1cc(Br)c(CCc2cc(=O)n3[nH]c(-c4ccccc4)nc3n2)n1. The number of halogens is 1. The van der Waals surface area contributed by atoms with Crippen LogP contribution in [0.25, 0.3) is 17.2 Å². The van der Waals surface area contributed by atoms with Crippen molar-refractivity contribution in [2.45, 2.75) is 12.8 Å². The number of hydrogen-bond acceptors (Lipinski definition) is 4. The van der Waals surface area contributed by atoms with Gasteiger partial charge in [0.2, 0.25) is 0 Å². The fourth-order valence-electron chi connectivity index (χ4n) is 2.70. The van der Waals surface area contributed by atoms with E-state index in [1.165, 1.54) is 10.6 Å². The molecule has 4 rings (SSSR count). The van der Waals surface area contributed by atoms with Crippen molar-refractivity contribution in [1.29, 1.82) is 0 Å². The highest BCUT2D eigenvalue weighted by Crippen LogP contribution is 2.17. The molecule has 0 radical (unpaired) electrons. The molecular weight excluding hydrogens is 384 g/mol. The highest BCUT2D eigenvalue weighted by Gasteiger charge is 2.11. The highest BCUT2D eigenvalue weighted by molar-refractivity contribution is 9.10. The Hall–Kier alpha value is -2.74. The number of H-pyrrole nitrogens is 1. The Kier molecular flexibility index (Phi) is 3.96. The van der Waals surface area contributed by atoms with Crippen LogP contribution >= 0.6 is 15.9 Å². The van der Waals surface area contributed by atoms with E-state index in [9.17, 15) is 4.79 Å². The van der Waals surface area contributed by atoms with Crippen molar-refractivity contribution in [3.05, 3.63) is 68.8 Å². The molecule has 0 bridgehead atoms. The van der Waals surface area contributed by atoms with Gasteiger partial charge in [0, 0.05) is 24.9 Å². The summed E-state index contributed by atoms with van der Waals surface area (Å²) in [4.78, 5) is 21.3. The third-order valence-corrected chi connectivity index (χ3v) is 4.57. The second-order valence-corrected chi connectivity index (χ2v) is 6.61. The molecule has 0 unspecified atom stereocenters. The molecular formula is C17H15BrN6O. The summed E-state index contributed by atoms with van der Waals surface area (Å²) in [5.41, 5.74) is 2.38. The lowest BCUT2D eigenvalue weighted by molar-refractivity contribution is 0.733. The minimum atomic E-state index is -0.172. The van der Waals surface area contributed by atoms with Crippen molar-refractivity contribution in [2.75, 3.05) is 0 Å². The monoisotopic (exact) mass is 398 g/mol. The Bertz CT molecular complexity index is 1100. The van der Waals surface area contributed by atoms with Crippen LogP contribution in [-0.2, 0) is 19.9 Å². The van der Waals surface area contributed by atoms with Crippen molar-refractivity contribution in [1.82, 2.24) is 29.4 Å². The third kappa shape index (κ3) is 3.12. The summed E-state index contributed by atoms with van der Waals surface area (Å²) < 4.78 is 4.08. The van der Waals surface area contributed by atoms with Gasteiger partial charge in [-0.15, -0.1) is 0 Å². The number of aromatic amines is 1. The minimum Gasteiger partial charge on any atom is -0.274 e. The smallest absolute Gasteiger partial charge is 0.274 e. The lowest BCUT2D eigenvalue weighted by Crippen LogP contribution is -2.16. The van der Waals surface area contributed by atoms with E-state index in [2.05, 4.69) is 36.1 Å². The molecule has 3 aromatic heterocycles. The quantitative estimate of drug-likeness (QED) is 0.572. The Morgan fingerprint density at radius 1 is 1.16 bits per heavy atom. The van der Waals surface area contributed by atoms with Gasteiger partial charge in [0.15, 0.2) is 5.82 Å². The van der Waals surface area contributed by atoms with Gasteiger partial charge in [0.05, 0.1) is 15.9 Å². The number of nitrogens with one attached hydrogen (secondary N) is 1. The summed E-state index contributed by atoms with van der Waals surface area (Å²) in [5, 5.41) is 7.39. The third-order valence-electron chi connectivity index (χ3n) is 3.90. The lowest BCUT2D eigenvalue weighted by atomic mass is 10.2. The molecule has 25 heavy (non-hydrogen) atoms. The van der Waals surface area contributed by atoms with Gasteiger partial charge in [-0.1, -0.05) is 30.3 Å². The first-order valence-corrected chi connectivity index (χ1v) is 8.61. The second-order valence-electron chi connectivity index (χ2n) is 5.76. The second kappa shape index (κ2) is 6.29. The lowest BCUT2D eigenvalue weighted by Gasteiger charge is -1.99. The number of aromatic nitrogens is 6. The number of fused-ring (bicyclic) bond motifs is 1. The Morgan fingerprint density at radius 3 is 2.68 bits per heavy atom. The molecule has 4 aromatic rings. The average Bonchev–Trinajstić information content (AvgIpc) is 3.17. The summed E-state index contributed by atoms with van der Waals surface area (Å²) in [6.45, 7) is 0. The van der Waals surface area contributed by atoms with Crippen molar-refractivity contribution < 1.29 is 0 Å². The molecule has 7 nitrogen and oxygen atoms in total. The van der Waals surface area contributed by atoms with E-state index in [1.807, 2.05) is 43.6 Å². The predicted molar refractivity (Wildman–Crippen MR) is 97.4 cm³/mol. The highest BCUT2D eigenvalue weighted by atomic mass is 79.9. The largest absolute Gasteiger partial charge is 0.274 e. The van der Waals surface area contributed by atoms with Gasteiger partial charge in [0.25, 0.3) is 11.3 Å². The van der Waals surface area contributed by atoms with E-state index >= 15 is 0 Å². The number of rotatable bonds is 4. The molecule has 0 aliphatic rings. The van der Waals surface area contributed by atoms with Crippen LogP contribution < -0.4 is 5.56 Å². The molecule has 0 aliphatic carbocycles. The zero-order chi connectivity index (χ0) is 17.4. The van der Waals surface area contributed by atoms with Gasteiger partial charge < -0.3 is 0 Å². The molecule has 0 spiro atoms. The van der Waals surface area contributed by atoms with Crippen LogP contribution in [0.5, 0.6) is 0 Å². The molecule has 3 heterocycles. The maximum absolute atomic E-state index is 12.3. The van der Waals surface area contributed by atoms with Gasteiger partial charge >= 0.3 is 0 Å². The van der Waals surface area contributed by atoms with Crippen molar-refractivity contribution in [3.8, 4) is 11.4 Å². The fourth-order valence-corrected chi connectivity index (χ4v) is 3.28. The van der Waals surface area contributed by atoms with Crippen LogP contribution in [0.1, 0.15) is 11.4 Å². The molecule has 1 N–H and O–H groups in total. The first kappa shape index (κ1) is 15.8. The summed E-state index contributed by atoms with van der Waals surface area (Å²) in [5.74, 6) is 0.997. The molecule has 126 valence electrons. The molecule has 0 saturated carbocycles. The van der Waals surface area contributed by atoms with Gasteiger partial charge in [0.1, 0.15) is 0 Å². The topological polar surface area (TPSA) is 80.9 Å². The van der Waals surface area contributed by atoms with Crippen molar-refractivity contribution in [2.24, 2.45) is 7.05 Å². The van der Waals surface area contributed by atoms with E-state index in [0.717, 1.165) is 15.7 Å². The molecule has 0 fully saturated rings. The molecule has 8 heteroatoms. The zero-order valence-corrected chi connectivity index (χ0v) is 15.1. The minimum absolute atomic E-state index is 0.172. The number of nitrogens with zero attached hydrogens (tertiary/aromatic N) is 5. The van der Waals surface area contributed by atoms with E-state index in [1.54, 1.807) is 4.68 Å². The van der Waals surface area contributed by atoms with Crippen LogP contribution in [0.2, 0.25) is 0 Å². The predicted octanol–water partition coefficient (Wildman–Crippen LogP) is 2.37. The van der Waals surface area contributed by atoms with Crippen LogP contribution in [0, 0.1) is 0 Å². The molecule has 0 atom stereocenters.